The summed E-state index contributed by atoms with van der Waals surface area (Å²) in [4.78, 5) is 10.6. The van der Waals surface area contributed by atoms with Crippen molar-refractivity contribution in [2.24, 2.45) is 0 Å². The number of carbonyl (C=O) groups excluding carboxylic acids is 1. The Bertz CT molecular complexity index is 149. The van der Waals surface area contributed by atoms with E-state index in [2.05, 4.69) is 4.74 Å². The molecule has 0 aliphatic carbocycles. The van der Waals surface area contributed by atoms with Crippen LogP contribution in [0.15, 0.2) is 11.6 Å². The van der Waals surface area contributed by atoms with E-state index in [1.807, 2.05) is 6.92 Å². The number of hydrogen-bond donors (Lipinski definition) is 0. The molecule has 0 radical (unpaired) electrons. The summed E-state index contributed by atoms with van der Waals surface area (Å²) in [5, 5.41) is 0. The third-order valence-electron chi connectivity index (χ3n) is 1.27. The summed E-state index contributed by atoms with van der Waals surface area (Å²) in [7, 11) is 2.99. The quantitative estimate of drug-likeness (QED) is 0.454. The first-order valence-electron chi connectivity index (χ1n) is 3.44. The second-order valence-electron chi connectivity index (χ2n) is 2.26. The van der Waals surface area contributed by atoms with Gasteiger partial charge in [0.25, 0.3) is 0 Å². The topological polar surface area (TPSA) is 35.5 Å². The van der Waals surface area contributed by atoms with Gasteiger partial charge in [-0.2, -0.15) is 0 Å². The van der Waals surface area contributed by atoms with Gasteiger partial charge in [-0.05, 0) is 13.3 Å². The summed E-state index contributed by atoms with van der Waals surface area (Å²) >= 11 is 0. The largest absolute Gasteiger partial charge is 0.466 e. The summed E-state index contributed by atoms with van der Waals surface area (Å²) in [6.45, 7) is 2.51. The van der Waals surface area contributed by atoms with Crippen molar-refractivity contribution in [3.8, 4) is 0 Å². The van der Waals surface area contributed by atoms with Crippen LogP contribution in [0.25, 0.3) is 0 Å². The molecular formula is C8H14O3. The zero-order valence-electron chi connectivity index (χ0n) is 7.22. The van der Waals surface area contributed by atoms with Crippen LogP contribution in [-0.4, -0.2) is 26.8 Å². The summed E-state index contributed by atoms with van der Waals surface area (Å²) in [6, 6.07) is 0. The van der Waals surface area contributed by atoms with Crippen molar-refractivity contribution in [3.63, 3.8) is 0 Å². The lowest BCUT2D eigenvalue weighted by Gasteiger charge is -1.98. The van der Waals surface area contributed by atoms with Crippen molar-refractivity contribution in [2.45, 2.75) is 13.3 Å². The van der Waals surface area contributed by atoms with Gasteiger partial charge >= 0.3 is 5.97 Å². The molecule has 0 amide bonds. The minimum atomic E-state index is -0.307. The Hall–Kier alpha value is -0.830. The number of esters is 1. The van der Waals surface area contributed by atoms with Crippen molar-refractivity contribution < 1.29 is 14.3 Å². The zero-order valence-corrected chi connectivity index (χ0v) is 7.22. The SMILES string of the molecule is COCCC(C)=CC(=O)OC. The third kappa shape index (κ3) is 5.61. The standard InChI is InChI=1S/C8H14O3/c1-7(4-5-10-2)6-8(9)11-3/h6H,4-5H2,1-3H3. The van der Waals surface area contributed by atoms with E-state index in [-0.39, 0.29) is 5.97 Å². The molecule has 0 saturated carbocycles. The fourth-order valence-electron chi connectivity index (χ4n) is 0.595. The highest BCUT2D eigenvalue weighted by Gasteiger charge is 1.95. The molecule has 0 saturated heterocycles. The lowest BCUT2D eigenvalue weighted by molar-refractivity contribution is -0.134. The molecule has 64 valence electrons. The van der Waals surface area contributed by atoms with Gasteiger partial charge in [0.05, 0.1) is 7.11 Å². The molecule has 0 atom stereocenters. The van der Waals surface area contributed by atoms with Gasteiger partial charge in [-0.3, -0.25) is 0 Å². The predicted octanol–water partition coefficient (Wildman–Crippen LogP) is 1.14. The highest BCUT2D eigenvalue weighted by molar-refractivity contribution is 5.82. The van der Waals surface area contributed by atoms with Crippen molar-refractivity contribution in [1.82, 2.24) is 0 Å². The van der Waals surface area contributed by atoms with Gasteiger partial charge in [-0.15, -0.1) is 0 Å². The van der Waals surface area contributed by atoms with Crippen LogP contribution in [0.1, 0.15) is 13.3 Å². The van der Waals surface area contributed by atoms with E-state index < -0.39 is 0 Å². The first-order valence-corrected chi connectivity index (χ1v) is 3.44. The molecule has 0 aromatic heterocycles. The number of carbonyl (C=O) groups is 1. The molecule has 0 bridgehead atoms. The Kier molecular flexibility index (Phi) is 5.47. The molecule has 0 aliphatic heterocycles. The van der Waals surface area contributed by atoms with Crippen LogP contribution in [0, 0.1) is 0 Å². The van der Waals surface area contributed by atoms with Crippen LogP contribution < -0.4 is 0 Å². The Morgan fingerprint density at radius 3 is 2.55 bits per heavy atom. The lowest BCUT2D eigenvalue weighted by atomic mass is 10.2. The summed E-state index contributed by atoms with van der Waals surface area (Å²) in [5.74, 6) is -0.307. The van der Waals surface area contributed by atoms with Crippen LogP contribution >= 0.6 is 0 Å². The smallest absolute Gasteiger partial charge is 0.330 e. The van der Waals surface area contributed by atoms with E-state index in [4.69, 9.17) is 4.74 Å². The average Bonchev–Trinajstić information content (AvgIpc) is 2.00. The third-order valence-corrected chi connectivity index (χ3v) is 1.27. The molecule has 0 aromatic carbocycles. The monoisotopic (exact) mass is 158 g/mol. The van der Waals surface area contributed by atoms with Gasteiger partial charge in [0, 0.05) is 19.8 Å². The Morgan fingerprint density at radius 1 is 1.45 bits per heavy atom. The van der Waals surface area contributed by atoms with Gasteiger partial charge in [0.1, 0.15) is 0 Å². The Morgan fingerprint density at radius 2 is 2.09 bits per heavy atom. The van der Waals surface area contributed by atoms with Crippen LogP contribution in [-0.2, 0) is 14.3 Å². The minimum absolute atomic E-state index is 0.307. The number of hydrogen-bond acceptors (Lipinski definition) is 3. The molecule has 0 spiro atoms. The van der Waals surface area contributed by atoms with E-state index in [1.165, 1.54) is 13.2 Å². The van der Waals surface area contributed by atoms with E-state index in [0.29, 0.717) is 6.61 Å². The fourth-order valence-corrected chi connectivity index (χ4v) is 0.595. The molecule has 0 aromatic rings. The first kappa shape index (κ1) is 10.2. The number of methoxy groups -OCH3 is 2. The summed E-state index contributed by atoms with van der Waals surface area (Å²) in [5.41, 5.74) is 0.971. The first-order chi connectivity index (χ1) is 5.20. The number of rotatable bonds is 4. The van der Waals surface area contributed by atoms with Crippen LogP contribution in [0.4, 0.5) is 0 Å². The highest BCUT2D eigenvalue weighted by Crippen LogP contribution is 1.99. The summed E-state index contributed by atoms with van der Waals surface area (Å²) in [6.07, 6.45) is 2.24. The molecule has 0 fully saturated rings. The van der Waals surface area contributed by atoms with Gasteiger partial charge in [-0.1, -0.05) is 5.57 Å². The zero-order chi connectivity index (χ0) is 8.69. The summed E-state index contributed by atoms with van der Waals surface area (Å²) < 4.78 is 9.28. The normalized spacial score (nSPS) is 11.4. The van der Waals surface area contributed by atoms with E-state index in [9.17, 15) is 4.79 Å². The van der Waals surface area contributed by atoms with E-state index >= 15 is 0 Å². The van der Waals surface area contributed by atoms with Gasteiger partial charge in [0.15, 0.2) is 0 Å². The number of ether oxygens (including phenoxy) is 2. The second kappa shape index (κ2) is 5.92. The maximum absolute atomic E-state index is 10.6. The molecular weight excluding hydrogens is 144 g/mol. The van der Waals surface area contributed by atoms with E-state index in [0.717, 1.165) is 12.0 Å². The van der Waals surface area contributed by atoms with E-state index in [1.54, 1.807) is 7.11 Å². The maximum atomic E-state index is 10.6. The van der Waals surface area contributed by atoms with Crippen LogP contribution in [0.2, 0.25) is 0 Å². The average molecular weight is 158 g/mol. The lowest BCUT2D eigenvalue weighted by Crippen LogP contribution is -1.97. The van der Waals surface area contributed by atoms with Gasteiger partial charge < -0.3 is 9.47 Å². The fraction of sp³-hybridized carbons (Fsp3) is 0.625. The molecule has 0 rings (SSSR count). The molecule has 3 heteroatoms. The maximum Gasteiger partial charge on any atom is 0.330 e. The molecule has 3 nitrogen and oxygen atoms in total. The molecule has 0 N–H and O–H groups in total. The van der Waals surface area contributed by atoms with Crippen molar-refractivity contribution in [2.75, 3.05) is 20.8 Å². The highest BCUT2D eigenvalue weighted by atomic mass is 16.5. The Balaban J connectivity index is 3.70. The van der Waals surface area contributed by atoms with Gasteiger partial charge in [-0.25, -0.2) is 4.79 Å². The molecule has 11 heavy (non-hydrogen) atoms. The minimum Gasteiger partial charge on any atom is -0.466 e. The van der Waals surface area contributed by atoms with Crippen LogP contribution in [0.5, 0.6) is 0 Å². The molecule has 0 unspecified atom stereocenters. The van der Waals surface area contributed by atoms with Crippen LogP contribution in [0.3, 0.4) is 0 Å². The van der Waals surface area contributed by atoms with Crippen molar-refractivity contribution in [3.05, 3.63) is 11.6 Å². The van der Waals surface area contributed by atoms with Crippen molar-refractivity contribution >= 4 is 5.97 Å². The van der Waals surface area contributed by atoms with Gasteiger partial charge in [0.2, 0.25) is 0 Å². The predicted molar refractivity (Wildman–Crippen MR) is 42.3 cm³/mol. The second-order valence-corrected chi connectivity index (χ2v) is 2.26. The molecule has 0 heterocycles. The molecule has 0 aliphatic rings. The van der Waals surface area contributed by atoms with Crippen molar-refractivity contribution in [1.29, 1.82) is 0 Å². The Labute approximate surface area is 67.0 Å².